The molecule has 2 aromatic heterocycles. The summed E-state index contributed by atoms with van der Waals surface area (Å²) in [6.07, 6.45) is 1.94. The predicted octanol–water partition coefficient (Wildman–Crippen LogP) is 1.78. The molecule has 0 unspecified atom stereocenters. The molecule has 6 nitrogen and oxygen atoms in total. The molecule has 2 heterocycles. The number of aryl methyl sites for hydroxylation is 2. The third-order valence-electron chi connectivity index (χ3n) is 2.76. The van der Waals surface area contributed by atoms with Crippen molar-refractivity contribution in [2.24, 2.45) is 0 Å². The van der Waals surface area contributed by atoms with Gasteiger partial charge in [0, 0.05) is 36.6 Å². The Morgan fingerprint density at radius 2 is 1.33 bits per heavy atom. The van der Waals surface area contributed by atoms with Crippen molar-refractivity contribution in [3.63, 3.8) is 0 Å². The molecule has 0 aromatic carbocycles. The molecule has 0 saturated carbocycles. The smallest absolute Gasteiger partial charge is 0.148 e. The molecule has 0 bridgehead atoms. The third-order valence-corrected chi connectivity index (χ3v) is 2.76. The first-order valence-corrected chi connectivity index (χ1v) is 6.38. The second-order valence-electron chi connectivity index (χ2n) is 4.12. The number of aromatic amines is 2. The molecule has 0 fully saturated rings. The number of rotatable bonds is 7. The summed E-state index contributed by atoms with van der Waals surface area (Å²) < 4.78 is 0. The minimum atomic E-state index is 0.808. The van der Waals surface area contributed by atoms with Gasteiger partial charge in [0.25, 0.3) is 0 Å². The molecule has 0 amide bonds. The minimum Gasteiger partial charge on any atom is -0.367 e. The van der Waals surface area contributed by atoms with Gasteiger partial charge in [-0.25, -0.2) is 0 Å². The summed E-state index contributed by atoms with van der Waals surface area (Å²) in [7, 11) is 0. The van der Waals surface area contributed by atoms with Crippen LogP contribution in [0.1, 0.15) is 25.2 Å². The second-order valence-corrected chi connectivity index (χ2v) is 4.12. The molecular formula is C12H20N6. The van der Waals surface area contributed by atoms with Crippen molar-refractivity contribution >= 4 is 11.6 Å². The van der Waals surface area contributed by atoms with Gasteiger partial charge in [-0.1, -0.05) is 13.8 Å². The predicted molar refractivity (Wildman–Crippen MR) is 72.9 cm³/mol. The molecule has 98 valence electrons. The van der Waals surface area contributed by atoms with Crippen molar-refractivity contribution in [3.8, 4) is 0 Å². The number of nitrogens with zero attached hydrogens (tertiary/aromatic N) is 2. The highest BCUT2D eigenvalue weighted by molar-refractivity contribution is 5.37. The van der Waals surface area contributed by atoms with Crippen LogP contribution in [0.4, 0.5) is 11.6 Å². The molecule has 0 aliphatic carbocycles. The Morgan fingerprint density at radius 1 is 0.889 bits per heavy atom. The maximum absolute atomic E-state index is 4.16. The Hall–Kier alpha value is -1.98. The lowest BCUT2D eigenvalue weighted by atomic mass is 10.3. The van der Waals surface area contributed by atoms with Gasteiger partial charge in [-0.15, -0.1) is 0 Å². The molecule has 0 radical (unpaired) electrons. The first-order chi connectivity index (χ1) is 8.81. The van der Waals surface area contributed by atoms with Gasteiger partial charge in [-0.05, 0) is 12.8 Å². The van der Waals surface area contributed by atoms with E-state index in [9.17, 15) is 0 Å². The maximum Gasteiger partial charge on any atom is 0.148 e. The molecule has 18 heavy (non-hydrogen) atoms. The van der Waals surface area contributed by atoms with Gasteiger partial charge < -0.3 is 10.6 Å². The molecule has 2 aromatic rings. The van der Waals surface area contributed by atoms with Crippen LogP contribution in [0.2, 0.25) is 0 Å². The fraction of sp³-hybridized carbons (Fsp3) is 0.500. The molecule has 0 spiro atoms. The largest absolute Gasteiger partial charge is 0.367 e. The van der Waals surface area contributed by atoms with Crippen molar-refractivity contribution in [1.82, 2.24) is 20.4 Å². The van der Waals surface area contributed by atoms with Crippen LogP contribution in [-0.4, -0.2) is 33.5 Å². The van der Waals surface area contributed by atoms with E-state index < -0.39 is 0 Å². The molecule has 2 rings (SSSR count). The van der Waals surface area contributed by atoms with E-state index in [-0.39, 0.29) is 0 Å². The Morgan fingerprint density at radius 3 is 1.67 bits per heavy atom. The van der Waals surface area contributed by atoms with Crippen molar-refractivity contribution in [3.05, 3.63) is 23.5 Å². The van der Waals surface area contributed by atoms with E-state index >= 15 is 0 Å². The van der Waals surface area contributed by atoms with E-state index in [0.717, 1.165) is 49.0 Å². The van der Waals surface area contributed by atoms with Gasteiger partial charge in [0.1, 0.15) is 11.6 Å². The summed E-state index contributed by atoms with van der Waals surface area (Å²) in [5.74, 6) is 1.79. The van der Waals surface area contributed by atoms with Crippen molar-refractivity contribution in [2.75, 3.05) is 23.7 Å². The number of hydrogen-bond donors (Lipinski definition) is 4. The van der Waals surface area contributed by atoms with E-state index in [1.54, 1.807) is 0 Å². The highest BCUT2D eigenvalue weighted by atomic mass is 15.2. The fourth-order valence-corrected chi connectivity index (χ4v) is 1.65. The van der Waals surface area contributed by atoms with Crippen molar-refractivity contribution in [1.29, 1.82) is 0 Å². The Bertz CT molecular complexity index is 428. The quantitative estimate of drug-likeness (QED) is 0.563. The highest BCUT2D eigenvalue weighted by Gasteiger charge is 1.99. The van der Waals surface area contributed by atoms with E-state index in [1.165, 1.54) is 0 Å². The number of anilines is 2. The normalized spacial score (nSPS) is 10.6. The number of aromatic nitrogens is 4. The molecule has 4 N–H and O–H groups in total. The summed E-state index contributed by atoms with van der Waals surface area (Å²) in [6, 6.07) is 4.06. The molecular weight excluding hydrogens is 228 g/mol. The monoisotopic (exact) mass is 248 g/mol. The van der Waals surface area contributed by atoms with Gasteiger partial charge >= 0.3 is 0 Å². The van der Waals surface area contributed by atoms with Crippen LogP contribution in [0, 0.1) is 0 Å². The average molecular weight is 248 g/mol. The van der Waals surface area contributed by atoms with E-state index in [1.807, 2.05) is 12.1 Å². The van der Waals surface area contributed by atoms with Crippen LogP contribution in [0.25, 0.3) is 0 Å². The highest BCUT2D eigenvalue weighted by Crippen LogP contribution is 2.06. The Balaban J connectivity index is 1.69. The van der Waals surface area contributed by atoms with Crippen LogP contribution < -0.4 is 10.6 Å². The first kappa shape index (κ1) is 12.5. The summed E-state index contributed by atoms with van der Waals surface area (Å²) >= 11 is 0. The SMILES string of the molecule is CCc1cc(NCCNc2cc(CC)[nH]n2)n[nH]1. The van der Waals surface area contributed by atoms with Gasteiger partial charge in [0.2, 0.25) is 0 Å². The maximum atomic E-state index is 4.16. The molecule has 0 aliphatic rings. The Labute approximate surface area is 107 Å². The zero-order chi connectivity index (χ0) is 12.8. The van der Waals surface area contributed by atoms with Crippen molar-refractivity contribution in [2.45, 2.75) is 26.7 Å². The van der Waals surface area contributed by atoms with Crippen LogP contribution in [0.5, 0.6) is 0 Å². The summed E-state index contributed by atoms with van der Waals surface area (Å²) in [5, 5.41) is 20.8. The van der Waals surface area contributed by atoms with Gasteiger partial charge in [-0.3, -0.25) is 10.2 Å². The standard InChI is InChI=1S/C12H20N6/c1-3-9-7-11(17-15-9)13-5-6-14-12-8-10(4-2)16-18-12/h7-8H,3-6H2,1-2H3,(H2,13,15,17)(H2,14,16,18). The topological polar surface area (TPSA) is 81.4 Å². The Kier molecular flexibility index (Phi) is 4.22. The van der Waals surface area contributed by atoms with Crippen LogP contribution in [0.15, 0.2) is 12.1 Å². The van der Waals surface area contributed by atoms with Gasteiger partial charge in [-0.2, -0.15) is 10.2 Å². The third kappa shape index (κ3) is 3.26. The molecule has 0 saturated heterocycles. The molecule has 0 atom stereocenters. The first-order valence-electron chi connectivity index (χ1n) is 6.38. The van der Waals surface area contributed by atoms with Crippen LogP contribution in [0.3, 0.4) is 0 Å². The summed E-state index contributed by atoms with van der Waals surface area (Å²) in [6.45, 7) is 5.81. The summed E-state index contributed by atoms with van der Waals surface area (Å²) in [4.78, 5) is 0. The number of nitrogens with one attached hydrogen (secondary N) is 4. The van der Waals surface area contributed by atoms with Gasteiger partial charge in [0.15, 0.2) is 0 Å². The fourth-order valence-electron chi connectivity index (χ4n) is 1.65. The lowest BCUT2D eigenvalue weighted by molar-refractivity contribution is 0.960. The van der Waals surface area contributed by atoms with E-state index in [0.29, 0.717) is 0 Å². The second kappa shape index (κ2) is 6.09. The zero-order valence-corrected chi connectivity index (χ0v) is 10.9. The zero-order valence-electron chi connectivity index (χ0n) is 10.9. The minimum absolute atomic E-state index is 0.808. The van der Waals surface area contributed by atoms with Crippen LogP contribution in [-0.2, 0) is 12.8 Å². The van der Waals surface area contributed by atoms with Crippen LogP contribution >= 0.6 is 0 Å². The lowest BCUT2D eigenvalue weighted by Gasteiger charge is -2.03. The van der Waals surface area contributed by atoms with Crippen molar-refractivity contribution < 1.29 is 0 Å². The number of hydrogen-bond acceptors (Lipinski definition) is 4. The lowest BCUT2D eigenvalue weighted by Crippen LogP contribution is -2.13. The number of H-pyrrole nitrogens is 2. The van der Waals surface area contributed by atoms with E-state index in [2.05, 4.69) is 44.9 Å². The molecule has 0 aliphatic heterocycles. The van der Waals surface area contributed by atoms with E-state index in [4.69, 9.17) is 0 Å². The molecule has 6 heteroatoms. The van der Waals surface area contributed by atoms with Gasteiger partial charge in [0.05, 0.1) is 0 Å². The average Bonchev–Trinajstić information content (AvgIpc) is 3.03. The summed E-state index contributed by atoms with van der Waals surface area (Å²) in [5.41, 5.74) is 2.29.